The zero-order valence-electron chi connectivity index (χ0n) is 14.0. The molecule has 0 saturated heterocycles. The second-order valence-corrected chi connectivity index (χ2v) is 5.40. The number of fused-ring (bicyclic) bond motifs is 1. The predicted octanol–water partition coefficient (Wildman–Crippen LogP) is 2.71. The van der Waals surface area contributed by atoms with E-state index in [9.17, 15) is 9.90 Å². The first-order valence-electron chi connectivity index (χ1n) is 7.44. The van der Waals surface area contributed by atoms with Crippen molar-refractivity contribution in [1.82, 2.24) is 4.98 Å². The van der Waals surface area contributed by atoms with E-state index in [1.165, 1.54) is 33.5 Å². The number of nitrogens with one attached hydrogen (secondary N) is 1. The minimum Gasteiger partial charge on any atom is -0.502 e. The fourth-order valence-corrected chi connectivity index (χ4v) is 2.71. The summed E-state index contributed by atoms with van der Waals surface area (Å²) in [7, 11) is 4.34. The number of phenols is 1. The minimum absolute atomic E-state index is 0.156. The summed E-state index contributed by atoms with van der Waals surface area (Å²) >= 11 is 0. The predicted molar refractivity (Wildman–Crippen MR) is 93.9 cm³/mol. The van der Waals surface area contributed by atoms with Crippen LogP contribution in [0.15, 0.2) is 30.5 Å². The Morgan fingerprint density at radius 1 is 1.00 bits per heavy atom. The quantitative estimate of drug-likeness (QED) is 0.486. The molecule has 1 heterocycles. The SMILES string of the molecule is COc1cc2[nH]cc(C(=O)c3cc(OC)c(O)c(OC)c3)c2cc1N. The molecule has 0 unspecified atom stereocenters. The standard InChI is InChI=1S/C18H18N2O5/c1-23-14-7-13-10(6-12(14)19)11(8-20-13)17(21)9-4-15(24-2)18(22)16(5-9)25-3/h4-8,20,22H,19H2,1-3H3. The Labute approximate surface area is 143 Å². The van der Waals surface area contributed by atoms with Gasteiger partial charge in [-0.05, 0) is 18.2 Å². The molecule has 4 N–H and O–H groups in total. The van der Waals surface area contributed by atoms with Crippen LogP contribution in [0.2, 0.25) is 0 Å². The molecule has 3 aromatic rings. The second-order valence-electron chi connectivity index (χ2n) is 5.40. The Kier molecular flexibility index (Phi) is 4.14. The zero-order valence-corrected chi connectivity index (χ0v) is 14.0. The fourth-order valence-electron chi connectivity index (χ4n) is 2.71. The largest absolute Gasteiger partial charge is 0.502 e. The number of ether oxygens (including phenoxy) is 3. The van der Waals surface area contributed by atoms with Gasteiger partial charge in [0.15, 0.2) is 17.3 Å². The first-order valence-corrected chi connectivity index (χ1v) is 7.44. The molecule has 0 amide bonds. The summed E-state index contributed by atoms with van der Waals surface area (Å²) in [5.41, 5.74) is 7.88. The lowest BCUT2D eigenvalue weighted by molar-refractivity contribution is 0.103. The molecule has 25 heavy (non-hydrogen) atoms. The second kappa shape index (κ2) is 6.27. The maximum absolute atomic E-state index is 12.9. The number of hydrogen-bond acceptors (Lipinski definition) is 6. The third-order valence-electron chi connectivity index (χ3n) is 4.02. The molecule has 0 radical (unpaired) electrons. The Morgan fingerprint density at radius 2 is 1.60 bits per heavy atom. The fraction of sp³-hybridized carbons (Fsp3) is 0.167. The molecule has 0 atom stereocenters. The number of nitrogen functional groups attached to an aromatic ring is 1. The van der Waals surface area contributed by atoms with Crippen molar-refractivity contribution in [2.45, 2.75) is 0 Å². The highest BCUT2D eigenvalue weighted by Crippen LogP contribution is 2.38. The van der Waals surface area contributed by atoms with Crippen LogP contribution in [0.5, 0.6) is 23.0 Å². The molecule has 0 aliphatic carbocycles. The smallest absolute Gasteiger partial charge is 0.200 e. The lowest BCUT2D eigenvalue weighted by Gasteiger charge is -2.10. The van der Waals surface area contributed by atoms with E-state index >= 15 is 0 Å². The van der Waals surface area contributed by atoms with Crippen molar-refractivity contribution >= 4 is 22.4 Å². The zero-order chi connectivity index (χ0) is 18.1. The summed E-state index contributed by atoms with van der Waals surface area (Å²) in [5.74, 6) is 0.427. The van der Waals surface area contributed by atoms with Crippen molar-refractivity contribution in [3.63, 3.8) is 0 Å². The summed E-state index contributed by atoms with van der Waals surface area (Å²) in [6, 6.07) is 6.35. The number of methoxy groups -OCH3 is 3. The Bertz CT molecular complexity index is 936. The first kappa shape index (κ1) is 16.5. The highest BCUT2D eigenvalue weighted by Gasteiger charge is 2.20. The number of H-pyrrole nitrogens is 1. The maximum atomic E-state index is 12.9. The van der Waals surface area contributed by atoms with Crippen molar-refractivity contribution in [2.24, 2.45) is 0 Å². The number of aromatic hydroxyl groups is 1. The molecular formula is C18H18N2O5. The van der Waals surface area contributed by atoms with Crippen LogP contribution in [0.25, 0.3) is 10.9 Å². The molecule has 0 bridgehead atoms. The molecule has 7 nitrogen and oxygen atoms in total. The van der Waals surface area contributed by atoms with E-state index in [1.54, 1.807) is 18.3 Å². The summed E-state index contributed by atoms with van der Waals surface area (Å²) in [5, 5.41) is 10.7. The first-order chi connectivity index (χ1) is 12.0. The number of aromatic nitrogens is 1. The number of hydrogen-bond donors (Lipinski definition) is 3. The summed E-state index contributed by atoms with van der Waals surface area (Å²) < 4.78 is 15.4. The van der Waals surface area contributed by atoms with Gasteiger partial charge in [-0.1, -0.05) is 0 Å². The van der Waals surface area contributed by atoms with Gasteiger partial charge in [-0.2, -0.15) is 0 Å². The molecule has 0 aliphatic rings. The molecule has 7 heteroatoms. The van der Waals surface area contributed by atoms with Crippen molar-refractivity contribution in [3.8, 4) is 23.0 Å². The van der Waals surface area contributed by atoms with E-state index in [4.69, 9.17) is 19.9 Å². The average molecular weight is 342 g/mol. The summed E-state index contributed by atoms with van der Waals surface area (Å²) in [6.45, 7) is 0. The highest BCUT2D eigenvalue weighted by atomic mass is 16.5. The third-order valence-corrected chi connectivity index (χ3v) is 4.02. The van der Waals surface area contributed by atoms with E-state index in [2.05, 4.69) is 4.98 Å². The van der Waals surface area contributed by atoms with Gasteiger partial charge in [-0.3, -0.25) is 4.79 Å². The molecule has 3 rings (SSSR count). The van der Waals surface area contributed by atoms with Crippen LogP contribution >= 0.6 is 0 Å². The van der Waals surface area contributed by atoms with Gasteiger partial charge in [0.25, 0.3) is 0 Å². The molecule has 0 saturated carbocycles. The Balaban J connectivity index is 2.13. The van der Waals surface area contributed by atoms with Gasteiger partial charge < -0.3 is 30.0 Å². The van der Waals surface area contributed by atoms with Crippen LogP contribution in [0.3, 0.4) is 0 Å². The molecule has 0 spiro atoms. The number of ketones is 1. The van der Waals surface area contributed by atoms with E-state index in [-0.39, 0.29) is 23.0 Å². The van der Waals surface area contributed by atoms with Crippen LogP contribution in [-0.2, 0) is 0 Å². The van der Waals surface area contributed by atoms with Crippen molar-refractivity contribution in [3.05, 3.63) is 41.6 Å². The lowest BCUT2D eigenvalue weighted by atomic mass is 10.0. The molecule has 0 fully saturated rings. The van der Waals surface area contributed by atoms with Crippen molar-refractivity contribution < 1.29 is 24.1 Å². The molecule has 2 aromatic carbocycles. The number of anilines is 1. The molecule has 0 aliphatic heterocycles. The number of carbonyl (C=O) groups excluding carboxylic acids is 1. The number of phenolic OH excluding ortho intramolecular Hbond substituents is 1. The van der Waals surface area contributed by atoms with Crippen LogP contribution in [0.1, 0.15) is 15.9 Å². The lowest BCUT2D eigenvalue weighted by Crippen LogP contribution is -2.02. The molecular weight excluding hydrogens is 324 g/mol. The highest BCUT2D eigenvalue weighted by molar-refractivity contribution is 6.17. The summed E-state index contributed by atoms with van der Waals surface area (Å²) in [4.78, 5) is 16.0. The number of carbonyl (C=O) groups is 1. The topological polar surface area (TPSA) is 107 Å². The van der Waals surface area contributed by atoms with E-state index < -0.39 is 0 Å². The van der Waals surface area contributed by atoms with Gasteiger partial charge >= 0.3 is 0 Å². The van der Waals surface area contributed by atoms with Gasteiger partial charge in [0.1, 0.15) is 5.75 Å². The number of nitrogens with two attached hydrogens (primary N) is 1. The average Bonchev–Trinajstić information content (AvgIpc) is 3.03. The molecule has 130 valence electrons. The van der Waals surface area contributed by atoms with Crippen LogP contribution < -0.4 is 19.9 Å². The van der Waals surface area contributed by atoms with Crippen molar-refractivity contribution in [1.29, 1.82) is 0 Å². The number of aromatic amines is 1. The third kappa shape index (κ3) is 2.69. The van der Waals surface area contributed by atoms with Gasteiger partial charge in [-0.25, -0.2) is 0 Å². The summed E-state index contributed by atoms with van der Waals surface area (Å²) in [6.07, 6.45) is 1.61. The number of rotatable bonds is 5. The minimum atomic E-state index is -0.257. The van der Waals surface area contributed by atoms with E-state index in [0.717, 1.165) is 5.52 Å². The number of benzene rings is 2. The van der Waals surface area contributed by atoms with E-state index in [0.29, 0.717) is 28.0 Å². The molecule has 1 aromatic heterocycles. The Morgan fingerprint density at radius 3 is 2.16 bits per heavy atom. The Hall–Kier alpha value is -3.35. The van der Waals surface area contributed by atoms with Gasteiger partial charge in [0.2, 0.25) is 5.75 Å². The van der Waals surface area contributed by atoms with Gasteiger partial charge in [-0.15, -0.1) is 0 Å². The van der Waals surface area contributed by atoms with E-state index in [1.807, 2.05) is 0 Å². The monoisotopic (exact) mass is 342 g/mol. The normalized spacial score (nSPS) is 10.7. The maximum Gasteiger partial charge on any atom is 0.200 e. The van der Waals surface area contributed by atoms with Crippen molar-refractivity contribution in [2.75, 3.05) is 27.1 Å². The van der Waals surface area contributed by atoms with Gasteiger partial charge in [0.05, 0.1) is 27.0 Å². The van der Waals surface area contributed by atoms with Crippen LogP contribution in [0.4, 0.5) is 5.69 Å². The van der Waals surface area contributed by atoms with Crippen LogP contribution in [-0.4, -0.2) is 37.2 Å². The van der Waals surface area contributed by atoms with Crippen LogP contribution in [0, 0.1) is 0 Å². The van der Waals surface area contributed by atoms with Gasteiger partial charge in [0, 0.05) is 34.3 Å².